The first-order valence-corrected chi connectivity index (χ1v) is 12.6. The van der Waals surface area contributed by atoms with Gasteiger partial charge in [0.05, 0.1) is 0 Å². The van der Waals surface area contributed by atoms with E-state index in [9.17, 15) is 0 Å². The van der Waals surface area contributed by atoms with Gasteiger partial charge in [-0.1, -0.05) is 74.5 Å². The molecular formula is C28H43N3. The summed E-state index contributed by atoms with van der Waals surface area (Å²) in [4.78, 5) is 5.30. The number of hydrogen-bond acceptors (Lipinski definition) is 3. The lowest BCUT2D eigenvalue weighted by atomic mass is 9.90. The van der Waals surface area contributed by atoms with Gasteiger partial charge in [-0.05, 0) is 82.5 Å². The first kappa shape index (κ1) is 24.0. The maximum absolute atomic E-state index is 3.85. The Morgan fingerprint density at radius 3 is 1.90 bits per heavy atom. The summed E-state index contributed by atoms with van der Waals surface area (Å²) in [5, 5.41) is 3.85. The van der Waals surface area contributed by atoms with Crippen LogP contribution in [0, 0.1) is 0 Å². The Labute approximate surface area is 190 Å². The molecule has 1 aliphatic rings. The minimum Gasteiger partial charge on any atom is -0.314 e. The van der Waals surface area contributed by atoms with E-state index in [2.05, 4.69) is 89.6 Å². The van der Waals surface area contributed by atoms with Crippen LogP contribution in [0.15, 0.2) is 60.7 Å². The molecule has 2 aromatic carbocycles. The predicted octanol–water partition coefficient (Wildman–Crippen LogP) is 5.38. The molecule has 0 spiro atoms. The highest BCUT2D eigenvalue weighted by atomic mass is 15.1. The van der Waals surface area contributed by atoms with Crippen LogP contribution in [-0.2, 0) is 0 Å². The Morgan fingerprint density at radius 1 is 0.839 bits per heavy atom. The molecule has 1 heterocycles. The highest BCUT2D eigenvalue weighted by molar-refractivity contribution is 5.32. The van der Waals surface area contributed by atoms with Gasteiger partial charge in [0.1, 0.15) is 0 Å². The summed E-state index contributed by atoms with van der Waals surface area (Å²) in [6.45, 7) is 13.0. The molecule has 0 amide bonds. The molecule has 0 aromatic heterocycles. The average Bonchev–Trinajstić information content (AvgIpc) is 2.82. The van der Waals surface area contributed by atoms with E-state index >= 15 is 0 Å². The lowest BCUT2D eigenvalue weighted by molar-refractivity contribution is 0.191. The molecule has 31 heavy (non-hydrogen) atoms. The molecule has 1 N–H and O–H groups in total. The SMILES string of the molecule is CCCN(CCC)CCCNC1CCN(CC(c2ccccc2)c2ccccc2)CC1. The molecule has 2 aromatic rings. The molecule has 0 atom stereocenters. The quantitative estimate of drug-likeness (QED) is 0.438. The van der Waals surface area contributed by atoms with Crippen LogP contribution >= 0.6 is 0 Å². The Kier molecular flexibility index (Phi) is 10.6. The summed E-state index contributed by atoms with van der Waals surface area (Å²) in [5.74, 6) is 0.454. The van der Waals surface area contributed by atoms with Crippen LogP contribution < -0.4 is 5.32 Å². The van der Waals surface area contributed by atoms with Gasteiger partial charge in [-0.25, -0.2) is 0 Å². The third-order valence-corrected chi connectivity index (χ3v) is 6.60. The zero-order chi connectivity index (χ0) is 21.7. The van der Waals surface area contributed by atoms with Crippen molar-refractivity contribution >= 4 is 0 Å². The second kappa shape index (κ2) is 13.7. The van der Waals surface area contributed by atoms with E-state index in [-0.39, 0.29) is 0 Å². The van der Waals surface area contributed by atoms with Crippen LogP contribution in [0.5, 0.6) is 0 Å². The van der Waals surface area contributed by atoms with Gasteiger partial charge in [0.15, 0.2) is 0 Å². The Bertz CT molecular complexity index is 649. The second-order valence-electron chi connectivity index (χ2n) is 9.10. The number of rotatable bonds is 13. The lowest BCUT2D eigenvalue weighted by Crippen LogP contribution is -2.44. The van der Waals surface area contributed by atoms with E-state index < -0.39 is 0 Å². The van der Waals surface area contributed by atoms with Gasteiger partial charge >= 0.3 is 0 Å². The second-order valence-corrected chi connectivity index (χ2v) is 9.10. The Hall–Kier alpha value is -1.68. The predicted molar refractivity (Wildman–Crippen MR) is 134 cm³/mol. The largest absolute Gasteiger partial charge is 0.314 e. The molecule has 170 valence electrons. The minimum atomic E-state index is 0.454. The van der Waals surface area contributed by atoms with E-state index in [4.69, 9.17) is 0 Å². The fourth-order valence-corrected chi connectivity index (χ4v) is 4.93. The van der Waals surface area contributed by atoms with Gasteiger partial charge in [0.25, 0.3) is 0 Å². The number of nitrogens with one attached hydrogen (secondary N) is 1. The molecule has 0 bridgehead atoms. The van der Waals surface area contributed by atoms with Gasteiger partial charge in [-0.15, -0.1) is 0 Å². The van der Waals surface area contributed by atoms with Crippen molar-refractivity contribution in [3.8, 4) is 0 Å². The molecule has 0 radical (unpaired) electrons. The van der Waals surface area contributed by atoms with Crippen molar-refractivity contribution < 1.29 is 0 Å². The summed E-state index contributed by atoms with van der Waals surface area (Å²) in [5.41, 5.74) is 2.86. The van der Waals surface area contributed by atoms with Gasteiger partial charge in [-0.3, -0.25) is 0 Å². The minimum absolute atomic E-state index is 0.454. The van der Waals surface area contributed by atoms with Gasteiger partial charge in [0, 0.05) is 18.5 Å². The molecule has 1 saturated heterocycles. The van der Waals surface area contributed by atoms with Crippen LogP contribution in [0.1, 0.15) is 63.0 Å². The Balaban J connectivity index is 1.43. The van der Waals surface area contributed by atoms with E-state index in [1.807, 2.05) is 0 Å². The van der Waals surface area contributed by atoms with E-state index in [1.54, 1.807) is 0 Å². The number of piperidine rings is 1. The normalized spacial score (nSPS) is 15.7. The number of nitrogens with zero attached hydrogens (tertiary/aromatic N) is 2. The first-order valence-electron chi connectivity index (χ1n) is 12.6. The topological polar surface area (TPSA) is 18.5 Å². The highest BCUT2D eigenvalue weighted by Gasteiger charge is 2.23. The van der Waals surface area contributed by atoms with Crippen LogP contribution in [0.25, 0.3) is 0 Å². The number of benzene rings is 2. The van der Waals surface area contributed by atoms with Crippen molar-refractivity contribution in [2.24, 2.45) is 0 Å². The first-order chi connectivity index (χ1) is 15.3. The van der Waals surface area contributed by atoms with E-state index in [0.717, 1.165) is 13.1 Å². The molecular weight excluding hydrogens is 378 g/mol. The number of likely N-dealkylation sites (tertiary alicyclic amines) is 1. The smallest absolute Gasteiger partial charge is 0.0217 e. The third kappa shape index (κ3) is 8.07. The van der Waals surface area contributed by atoms with Crippen LogP contribution in [0.3, 0.4) is 0 Å². The van der Waals surface area contributed by atoms with E-state index in [1.165, 1.54) is 76.0 Å². The molecule has 0 saturated carbocycles. The third-order valence-electron chi connectivity index (χ3n) is 6.60. The number of hydrogen-bond donors (Lipinski definition) is 1. The zero-order valence-corrected chi connectivity index (χ0v) is 19.8. The lowest BCUT2D eigenvalue weighted by Gasteiger charge is -2.35. The van der Waals surface area contributed by atoms with Crippen LogP contribution in [-0.4, -0.2) is 61.7 Å². The van der Waals surface area contributed by atoms with Gasteiger partial charge < -0.3 is 15.1 Å². The molecule has 0 aliphatic carbocycles. The maximum Gasteiger partial charge on any atom is 0.0217 e. The van der Waals surface area contributed by atoms with E-state index in [0.29, 0.717) is 12.0 Å². The molecule has 3 heteroatoms. The molecule has 1 aliphatic heterocycles. The average molecular weight is 422 g/mol. The highest BCUT2D eigenvalue weighted by Crippen LogP contribution is 2.26. The summed E-state index contributed by atoms with van der Waals surface area (Å²) in [6.07, 6.45) is 6.33. The van der Waals surface area contributed by atoms with Gasteiger partial charge in [-0.2, -0.15) is 0 Å². The van der Waals surface area contributed by atoms with Crippen molar-refractivity contribution in [2.75, 3.05) is 45.8 Å². The van der Waals surface area contributed by atoms with Crippen molar-refractivity contribution in [1.29, 1.82) is 0 Å². The van der Waals surface area contributed by atoms with Crippen molar-refractivity contribution in [2.45, 2.75) is 57.9 Å². The van der Waals surface area contributed by atoms with Crippen molar-refractivity contribution in [3.05, 3.63) is 71.8 Å². The molecule has 0 unspecified atom stereocenters. The molecule has 3 rings (SSSR count). The summed E-state index contributed by atoms with van der Waals surface area (Å²) >= 11 is 0. The fourth-order valence-electron chi connectivity index (χ4n) is 4.93. The summed E-state index contributed by atoms with van der Waals surface area (Å²) in [7, 11) is 0. The van der Waals surface area contributed by atoms with Crippen LogP contribution in [0.4, 0.5) is 0 Å². The maximum atomic E-state index is 3.85. The molecule has 3 nitrogen and oxygen atoms in total. The Morgan fingerprint density at radius 2 is 1.39 bits per heavy atom. The summed E-state index contributed by atoms with van der Waals surface area (Å²) in [6, 6.07) is 22.7. The van der Waals surface area contributed by atoms with Crippen molar-refractivity contribution in [3.63, 3.8) is 0 Å². The van der Waals surface area contributed by atoms with Crippen LogP contribution in [0.2, 0.25) is 0 Å². The monoisotopic (exact) mass is 421 g/mol. The fraction of sp³-hybridized carbons (Fsp3) is 0.571. The van der Waals surface area contributed by atoms with Crippen molar-refractivity contribution in [1.82, 2.24) is 15.1 Å². The zero-order valence-electron chi connectivity index (χ0n) is 19.8. The van der Waals surface area contributed by atoms with Gasteiger partial charge in [0.2, 0.25) is 0 Å². The summed E-state index contributed by atoms with van der Waals surface area (Å²) < 4.78 is 0. The standard InChI is InChI=1S/C28H43N3/c1-3-19-30(20-4-2)21-11-18-29-27-16-22-31(23-17-27)24-28(25-12-7-5-8-13-25)26-14-9-6-10-15-26/h5-10,12-15,27-29H,3-4,11,16-24H2,1-2H3. The molecule has 1 fully saturated rings.